The zero-order valence-corrected chi connectivity index (χ0v) is 22.9. The number of aliphatic hydroxyl groups excluding tert-OH is 1. The summed E-state index contributed by atoms with van der Waals surface area (Å²) in [6, 6.07) is 4.25. The Bertz CT molecular complexity index is 1130. The van der Waals surface area contributed by atoms with Crippen LogP contribution in [0, 0.1) is 25.7 Å². The molecule has 0 aliphatic carbocycles. The van der Waals surface area contributed by atoms with Gasteiger partial charge in [0.2, 0.25) is 5.91 Å². The first-order valence-corrected chi connectivity index (χ1v) is 13.5. The van der Waals surface area contributed by atoms with Gasteiger partial charge < -0.3 is 24.4 Å². The van der Waals surface area contributed by atoms with Crippen molar-refractivity contribution in [2.75, 3.05) is 24.7 Å². The Morgan fingerprint density at radius 3 is 2.68 bits per heavy atom. The van der Waals surface area contributed by atoms with Gasteiger partial charge >= 0.3 is 5.97 Å². The van der Waals surface area contributed by atoms with Crippen LogP contribution in [0.15, 0.2) is 43.5 Å². The fraction of sp³-hybridized carbons (Fsp3) is 0.567. The number of fused-ring (bicyclic) bond motifs is 1. The van der Waals surface area contributed by atoms with Crippen molar-refractivity contribution < 1.29 is 29.0 Å². The van der Waals surface area contributed by atoms with Crippen molar-refractivity contribution in [2.24, 2.45) is 11.8 Å². The summed E-state index contributed by atoms with van der Waals surface area (Å²) in [5.74, 6) is -2.81. The van der Waals surface area contributed by atoms with Crippen molar-refractivity contribution >= 4 is 23.5 Å². The number of carbonyl (C=O) groups excluding carboxylic acids is 3. The first kappa shape index (κ1) is 28.0. The Labute approximate surface area is 225 Å². The second kappa shape index (κ2) is 10.7. The predicted molar refractivity (Wildman–Crippen MR) is 144 cm³/mol. The van der Waals surface area contributed by atoms with E-state index in [-0.39, 0.29) is 31.6 Å². The fourth-order valence-electron chi connectivity index (χ4n) is 6.65. The molecule has 3 aliphatic heterocycles. The molecule has 206 valence electrons. The topological polar surface area (TPSA) is 96.4 Å². The van der Waals surface area contributed by atoms with Gasteiger partial charge in [0.1, 0.15) is 17.6 Å². The van der Waals surface area contributed by atoms with Crippen molar-refractivity contribution in [3.8, 4) is 0 Å². The standard InChI is InChI=1S/C30H40N2O6/c1-7-9-10-16-37-28(36)24-23-26(34)32(21(5)18-33)25(30(23)14-13-29(24,6)38-30)27(35)31(15-8-2)22-17-19(3)11-12-20(22)4/h7-8,11-12,17,21,23-25,33H,1-2,9-10,13-16,18H2,3-6H3/t21-,23+,24-,25?,29+,30?/m1/s1. The van der Waals surface area contributed by atoms with Crippen LogP contribution in [0.2, 0.25) is 0 Å². The lowest BCUT2D eigenvalue weighted by molar-refractivity contribution is -0.160. The number of hydrogen-bond acceptors (Lipinski definition) is 6. The average molecular weight is 525 g/mol. The van der Waals surface area contributed by atoms with Gasteiger partial charge in [-0.1, -0.05) is 24.3 Å². The minimum atomic E-state index is -1.19. The van der Waals surface area contributed by atoms with Gasteiger partial charge in [0.15, 0.2) is 0 Å². The first-order valence-electron chi connectivity index (χ1n) is 13.5. The first-order chi connectivity index (χ1) is 18.1. The number of allylic oxidation sites excluding steroid dienone is 1. The van der Waals surface area contributed by atoms with E-state index in [1.54, 1.807) is 24.0 Å². The molecule has 1 N–H and O–H groups in total. The Balaban J connectivity index is 1.77. The number of unbranched alkanes of at least 4 members (excludes halogenated alkanes) is 1. The predicted octanol–water partition coefficient (Wildman–Crippen LogP) is 3.48. The van der Waals surface area contributed by atoms with E-state index in [0.717, 1.165) is 16.8 Å². The molecule has 3 aliphatic rings. The van der Waals surface area contributed by atoms with Crippen LogP contribution in [-0.2, 0) is 23.9 Å². The van der Waals surface area contributed by atoms with Crippen LogP contribution in [0.3, 0.4) is 0 Å². The number of rotatable bonds is 11. The normalized spacial score (nSPS) is 30.2. The van der Waals surface area contributed by atoms with Crippen molar-refractivity contribution in [1.82, 2.24) is 4.90 Å². The number of esters is 1. The highest BCUT2D eigenvalue weighted by Gasteiger charge is 2.79. The molecule has 1 spiro atoms. The van der Waals surface area contributed by atoms with E-state index in [9.17, 15) is 19.5 Å². The van der Waals surface area contributed by atoms with Gasteiger partial charge in [-0.2, -0.15) is 0 Å². The molecule has 2 amide bonds. The molecule has 4 rings (SSSR count). The molecule has 3 fully saturated rings. The highest BCUT2D eigenvalue weighted by molar-refractivity contribution is 6.05. The van der Waals surface area contributed by atoms with Crippen LogP contribution in [0.5, 0.6) is 0 Å². The maximum atomic E-state index is 14.5. The second-order valence-electron chi connectivity index (χ2n) is 11.1. The SMILES string of the molecule is C=CCCCOC(=O)[C@H]1[C@H]2C(=O)N([C@H](C)CO)C(C(=O)N(CC=C)c3cc(C)ccc3C)C23CC[C@]1(C)O3. The lowest BCUT2D eigenvalue weighted by Crippen LogP contribution is -2.58. The maximum Gasteiger partial charge on any atom is 0.312 e. The molecular formula is C30H40N2O6. The van der Waals surface area contributed by atoms with Gasteiger partial charge in [0.25, 0.3) is 5.91 Å². The lowest BCUT2D eigenvalue weighted by Gasteiger charge is -2.39. The van der Waals surface area contributed by atoms with Crippen LogP contribution in [0.25, 0.3) is 0 Å². The van der Waals surface area contributed by atoms with Gasteiger partial charge in [-0.15, -0.1) is 13.2 Å². The molecule has 3 heterocycles. The number of hydrogen-bond donors (Lipinski definition) is 1. The number of ether oxygens (including phenoxy) is 2. The molecule has 1 aromatic rings. The third-order valence-electron chi connectivity index (χ3n) is 8.47. The highest BCUT2D eigenvalue weighted by Crippen LogP contribution is 2.63. The van der Waals surface area contributed by atoms with Crippen molar-refractivity contribution in [2.45, 2.75) is 76.7 Å². The summed E-state index contributed by atoms with van der Waals surface area (Å²) in [4.78, 5) is 45.1. The Hall–Kier alpha value is -2.97. The van der Waals surface area contributed by atoms with Crippen LogP contribution in [0.4, 0.5) is 5.69 Å². The van der Waals surface area contributed by atoms with E-state index in [1.807, 2.05) is 39.0 Å². The van der Waals surface area contributed by atoms with E-state index >= 15 is 0 Å². The molecule has 8 nitrogen and oxygen atoms in total. The van der Waals surface area contributed by atoms with Crippen molar-refractivity contribution in [1.29, 1.82) is 0 Å². The third-order valence-corrected chi connectivity index (χ3v) is 8.47. The van der Waals surface area contributed by atoms with Crippen LogP contribution in [-0.4, -0.2) is 70.8 Å². The van der Waals surface area contributed by atoms with E-state index in [2.05, 4.69) is 13.2 Å². The van der Waals surface area contributed by atoms with Gasteiger partial charge in [-0.3, -0.25) is 14.4 Å². The molecule has 2 unspecified atom stereocenters. The van der Waals surface area contributed by atoms with Crippen molar-refractivity contribution in [3.05, 3.63) is 54.6 Å². The summed E-state index contributed by atoms with van der Waals surface area (Å²) in [6.07, 6.45) is 5.77. The van der Waals surface area contributed by atoms with E-state index in [4.69, 9.17) is 9.47 Å². The minimum Gasteiger partial charge on any atom is -0.465 e. The third kappa shape index (κ3) is 4.37. The number of aliphatic hydroxyl groups is 1. The highest BCUT2D eigenvalue weighted by atomic mass is 16.6. The largest absolute Gasteiger partial charge is 0.465 e. The van der Waals surface area contributed by atoms with E-state index < -0.39 is 41.1 Å². The number of nitrogens with zero attached hydrogens (tertiary/aromatic N) is 2. The summed E-state index contributed by atoms with van der Waals surface area (Å²) < 4.78 is 12.3. The number of likely N-dealkylation sites (tertiary alicyclic amines) is 1. The molecule has 0 radical (unpaired) electrons. The van der Waals surface area contributed by atoms with E-state index in [0.29, 0.717) is 25.7 Å². The van der Waals surface area contributed by atoms with Crippen LogP contribution >= 0.6 is 0 Å². The molecular weight excluding hydrogens is 484 g/mol. The maximum absolute atomic E-state index is 14.5. The molecule has 0 saturated carbocycles. The van der Waals surface area contributed by atoms with Gasteiger partial charge in [0, 0.05) is 12.2 Å². The number of benzene rings is 1. The molecule has 3 saturated heterocycles. The smallest absolute Gasteiger partial charge is 0.312 e. The molecule has 38 heavy (non-hydrogen) atoms. The van der Waals surface area contributed by atoms with Gasteiger partial charge in [-0.05, 0) is 70.6 Å². The fourth-order valence-corrected chi connectivity index (χ4v) is 6.65. The number of carbonyl (C=O) groups is 3. The second-order valence-corrected chi connectivity index (χ2v) is 11.1. The summed E-state index contributed by atoms with van der Waals surface area (Å²) >= 11 is 0. The Morgan fingerprint density at radius 1 is 1.29 bits per heavy atom. The molecule has 0 aromatic heterocycles. The summed E-state index contributed by atoms with van der Waals surface area (Å²) in [5, 5.41) is 10.1. The van der Waals surface area contributed by atoms with Crippen molar-refractivity contribution in [3.63, 3.8) is 0 Å². The minimum absolute atomic E-state index is 0.226. The monoisotopic (exact) mass is 524 g/mol. The average Bonchev–Trinajstić information content (AvgIpc) is 3.46. The molecule has 1 aromatic carbocycles. The zero-order valence-electron chi connectivity index (χ0n) is 22.9. The Kier molecular flexibility index (Phi) is 7.86. The van der Waals surface area contributed by atoms with E-state index in [1.165, 1.54) is 4.90 Å². The number of aryl methyl sites for hydroxylation is 2. The van der Waals surface area contributed by atoms with Crippen LogP contribution < -0.4 is 4.90 Å². The molecule has 8 heteroatoms. The van der Waals surface area contributed by atoms with Crippen LogP contribution in [0.1, 0.15) is 50.7 Å². The molecule has 2 bridgehead atoms. The number of amides is 2. The Morgan fingerprint density at radius 2 is 2.03 bits per heavy atom. The summed E-state index contributed by atoms with van der Waals surface area (Å²) in [5.41, 5.74) is 0.544. The van der Waals surface area contributed by atoms with Gasteiger partial charge in [0.05, 0.1) is 30.8 Å². The summed E-state index contributed by atoms with van der Waals surface area (Å²) in [7, 11) is 0. The zero-order chi connectivity index (χ0) is 27.8. The molecule has 6 atom stereocenters. The lowest BCUT2D eigenvalue weighted by atomic mass is 9.66. The summed E-state index contributed by atoms with van der Waals surface area (Å²) in [6.45, 7) is 15.1. The quantitative estimate of drug-likeness (QED) is 0.271. The number of anilines is 1. The van der Waals surface area contributed by atoms with Gasteiger partial charge in [-0.25, -0.2) is 0 Å².